The van der Waals surface area contributed by atoms with Crippen LogP contribution in [-0.2, 0) is 7.05 Å². The predicted octanol–water partition coefficient (Wildman–Crippen LogP) is 0.716. The molecular formula is C16H20IN. The molecule has 1 aromatic heterocycles. The van der Waals surface area contributed by atoms with Gasteiger partial charge in [0.25, 0.3) is 0 Å². The van der Waals surface area contributed by atoms with E-state index in [0.717, 1.165) is 5.92 Å². The van der Waals surface area contributed by atoms with Crippen molar-refractivity contribution in [2.75, 3.05) is 0 Å². The molecule has 0 bridgehead atoms. The van der Waals surface area contributed by atoms with Crippen LogP contribution in [-0.4, -0.2) is 0 Å². The molecular weight excluding hydrogens is 333 g/mol. The molecule has 1 saturated carbocycles. The fourth-order valence-corrected chi connectivity index (χ4v) is 3.22. The molecule has 96 valence electrons. The molecule has 0 atom stereocenters. The highest BCUT2D eigenvalue weighted by molar-refractivity contribution is 5.83. The second-order valence-electron chi connectivity index (χ2n) is 5.23. The number of benzene rings is 1. The number of rotatable bonds is 1. The van der Waals surface area contributed by atoms with Crippen LogP contribution in [0.25, 0.3) is 10.8 Å². The van der Waals surface area contributed by atoms with Crippen LogP contribution in [0.1, 0.15) is 43.7 Å². The molecule has 0 radical (unpaired) electrons. The average molecular weight is 353 g/mol. The molecule has 1 heterocycles. The van der Waals surface area contributed by atoms with Crippen LogP contribution < -0.4 is 28.5 Å². The van der Waals surface area contributed by atoms with Crippen LogP contribution >= 0.6 is 0 Å². The zero-order valence-corrected chi connectivity index (χ0v) is 13.1. The molecule has 0 saturated heterocycles. The van der Waals surface area contributed by atoms with Gasteiger partial charge in [-0.25, -0.2) is 4.57 Å². The molecule has 0 N–H and O–H groups in total. The Balaban J connectivity index is 0.00000120. The lowest BCUT2D eigenvalue weighted by Gasteiger charge is -2.20. The first-order chi connectivity index (χ1) is 8.36. The van der Waals surface area contributed by atoms with E-state index in [1.54, 1.807) is 5.69 Å². The minimum atomic E-state index is 0. The van der Waals surface area contributed by atoms with E-state index in [0.29, 0.717) is 0 Å². The molecule has 0 aliphatic heterocycles. The van der Waals surface area contributed by atoms with Crippen molar-refractivity contribution in [3.8, 4) is 0 Å². The zero-order valence-electron chi connectivity index (χ0n) is 10.9. The van der Waals surface area contributed by atoms with Crippen molar-refractivity contribution in [1.29, 1.82) is 0 Å². The van der Waals surface area contributed by atoms with Crippen molar-refractivity contribution in [2.45, 2.75) is 38.0 Å². The van der Waals surface area contributed by atoms with E-state index in [1.165, 1.54) is 42.9 Å². The third kappa shape index (κ3) is 2.53. The first kappa shape index (κ1) is 13.8. The van der Waals surface area contributed by atoms with Gasteiger partial charge in [-0.05, 0) is 24.3 Å². The molecule has 1 aromatic carbocycles. The van der Waals surface area contributed by atoms with Crippen LogP contribution in [0, 0.1) is 0 Å². The maximum Gasteiger partial charge on any atom is 0.192 e. The molecule has 1 nitrogen and oxygen atoms in total. The number of nitrogens with zero attached hydrogens (tertiary/aromatic N) is 1. The van der Waals surface area contributed by atoms with E-state index in [1.807, 2.05) is 0 Å². The molecule has 0 unspecified atom stereocenters. The number of hydrogen-bond acceptors (Lipinski definition) is 0. The molecule has 18 heavy (non-hydrogen) atoms. The van der Waals surface area contributed by atoms with Crippen LogP contribution in [0.4, 0.5) is 0 Å². The average Bonchev–Trinajstić information content (AvgIpc) is 2.39. The van der Waals surface area contributed by atoms with Crippen molar-refractivity contribution in [3.63, 3.8) is 0 Å². The molecule has 1 aliphatic carbocycles. The van der Waals surface area contributed by atoms with E-state index >= 15 is 0 Å². The Hall–Kier alpha value is -0.640. The topological polar surface area (TPSA) is 3.88 Å². The fraction of sp³-hybridized carbons (Fsp3) is 0.438. The van der Waals surface area contributed by atoms with Crippen LogP contribution in [0.15, 0.2) is 36.5 Å². The fourth-order valence-electron chi connectivity index (χ4n) is 3.22. The monoisotopic (exact) mass is 353 g/mol. The summed E-state index contributed by atoms with van der Waals surface area (Å²) in [5.41, 5.74) is 1.54. The lowest BCUT2D eigenvalue weighted by molar-refractivity contribution is -0.679. The van der Waals surface area contributed by atoms with Crippen molar-refractivity contribution in [3.05, 3.63) is 42.2 Å². The number of aryl methyl sites for hydroxylation is 1. The summed E-state index contributed by atoms with van der Waals surface area (Å²) < 4.78 is 2.33. The standard InChI is InChI=1S/C16H20N.HI/c1-17-12-11-13-7-5-6-10-15(13)16(17)14-8-3-2-4-9-14;/h5-7,10-12,14H,2-4,8-9H2,1H3;1H/q+1;/p-1. The van der Waals surface area contributed by atoms with E-state index in [2.05, 4.69) is 48.1 Å². The van der Waals surface area contributed by atoms with Gasteiger partial charge in [-0.2, -0.15) is 0 Å². The summed E-state index contributed by atoms with van der Waals surface area (Å²) in [6, 6.07) is 11.0. The number of fused-ring (bicyclic) bond motifs is 1. The van der Waals surface area contributed by atoms with Gasteiger partial charge in [-0.15, -0.1) is 0 Å². The SMILES string of the molecule is C[n+]1ccc2ccccc2c1C1CCCCC1.[I-]. The molecule has 0 spiro atoms. The van der Waals surface area contributed by atoms with Crippen LogP contribution in [0.5, 0.6) is 0 Å². The molecule has 2 heteroatoms. The quantitative estimate of drug-likeness (QED) is 0.526. The maximum atomic E-state index is 2.33. The highest BCUT2D eigenvalue weighted by Crippen LogP contribution is 2.34. The first-order valence-electron chi connectivity index (χ1n) is 6.73. The number of pyridine rings is 1. The highest BCUT2D eigenvalue weighted by atomic mass is 127. The van der Waals surface area contributed by atoms with E-state index in [4.69, 9.17) is 0 Å². The van der Waals surface area contributed by atoms with Crippen molar-refractivity contribution in [2.24, 2.45) is 7.05 Å². The normalized spacial score (nSPS) is 16.5. The Morgan fingerprint density at radius 1 is 1.00 bits per heavy atom. The Bertz CT molecular complexity index is 530. The Morgan fingerprint density at radius 2 is 1.72 bits per heavy atom. The van der Waals surface area contributed by atoms with Gasteiger partial charge in [0.15, 0.2) is 11.9 Å². The lowest BCUT2D eigenvalue weighted by Crippen LogP contribution is -3.00. The third-order valence-corrected chi connectivity index (χ3v) is 4.09. The molecule has 1 fully saturated rings. The summed E-state index contributed by atoms with van der Waals surface area (Å²) in [7, 11) is 2.19. The van der Waals surface area contributed by atoms with Crippen molar-refractivity contribution >= 4 is 10.8 Å². The van der Waals surface area contributed by atoms with Crippen molar-refractivity contribution < 1.29 is 28.5 Å². The highest BCUT2D eigenvalue weighted by Gasteiger charge is 2.24. The third-order valence-electron chi connectivity index (χ3n) is 4.09. The van der Waals surface area contributed by atoms with Gasteiger partial charge in [0.2, 0.25) is 0 Å². The minimum absolute atomic E-state index is 0. The minimum Gasteiger partial charge on any atom is -1.00 e. The second kappa shape index (κ2) is 6.00. The van der Waals surface area contributed by atoms with E-state index < -0.39 is 0 Å². The molecule has 0 amide bonds. The van der Waals surface area contributed by atoms with Crippen LogP contribution in [0.2, 0.25) is 0 Å². The van der Waals surface area contributed by atoms with Gasteiger partial charge >= 0.3 is 0 Å². The number of hydrogen-bond donors (Lipinski definition) is 0. The molecule has 2 aromatic rings. The van der Waals surface area contributed by atoms with Crippen LogP contribution in [0.3, 0.4) is 0 Å². The summed E-state index contributed by atoms with van der Waals surface area (Å²) in [5.74, 6) is 0.764. The summed E-state index contributed by atoms with van der Waals surface area (Å²) in [4.78, 5) is 0. The summed E-state index contributed by atoms with van der Waals surface area (Å²) in [6.45, 7) is 0. The van der Waals surface area contributed by atoms with Gasteiger partial charge < -0.3 is 24.0 Å². The van der Waals surface area contributed by atoms with Gasteiger partial charge in [-0.1, -0.05) is 37.5 Å². The molecule has 3 rings (SSSR count). The summed E-state index contributed by atoms with van der Waals surface area (Å²) >= 11 is 0. The van der Waals surface area contributed by atoms with Gasteiger partial charge in [0.05, 0.1) is 0 Å². The van der Waals surface area contributed by atoms with E-state index in [9.17, 15) is 0 Å². The van der Waals surface area contributed by atoms with Crippen molar-refractivity contribution in [1.82, 2.24) is 0 Å². The summed E-state index contributed by atoms with van der Waals surface area (Å²) in [5, 5.41) is 2.83. The van der Waals surface area contributed by atoms with Gasteiger partial charge in [0.1, 0.15) is 7.05 Å². The van der Waals surface area contributed by atoms with Gasteiger partial charge in [-0.3, -0.25) is 0 Å². The Labute approximate surface area is 126 Å². The molecule has 1 aliphatic rings. The Kier molecular flexibility index (Phi) is 4.60. The number of aromatic nitrogens is 1. The summed E-state index contributed by atoms with van der Waals surface area (Å²) in [6.07, 6.45) is 9.16. The van der Waals surface area contributed by atoms with Gasteiger partial charge in [0, 0.05) is 17.4 Å². The first-order valence-corrected chi connectivity index (χ1v) is 6.73. The predicted molar refractivity (Wildman–Crippen MR) is 71.0 cm³/mol. The lowest BCUT2D eigenvalue weighted by atomic mass is 9.85. The Morgan fingerprint density at radius 3 is 2.50 bits per heavy atom. The maximum absolute atomic E-state index is 2.33. The zero-order chi connectivity index (χ0) is 11.7. The second-order valence-corrected chi connectivity index (χ2v) is 5.23. The smallest absolute Gasteiger partial charge is 0.192 e. The number of halogens is 1. The largest absolute Gasteiger partial charge is 1.00 e. The van der Waals surface area contributed by atoms with E-state index in [-0.39, 0.29) is 24.0 Å².